The third-order valence-electron chi connectivity index (χ3n) is 12.2. The van der Waals surface area contributed by atoms with E-state index in [1.165, 1.54) is 16.0 Å². The minimum absolute atomic E-state index is 0.0619. The van der Waals surface area contributed by atoms with Crippen LogP contribution in [0, 0.1) is 19.8 Å². The van der Waals surface area contributed by atoms with Gasteiger partial charge in [-0.05, 0) is 94.1 Å². The van der Waals surface area contributed by atoms with Gasteiger partial charge >= 0.3 is 11.9 Å². The van der Waals surface area contributed by atoms with Crippen LogP contribution in [0.4, 0.5) is 0 Å². The van der Waals surface area contributed by atoms with E-state index in [1.807, 2.05) is 45.0 Å². The molecule has 2 aromatic carbocycles. The first kappa shape index (κ1) is 58.5. The number of nitrogens with zero attached hydrogens (tertiary/aromatic N) is 2. The minimum Gasteiger partial charge on any atom is -0.480 e. The number of aryl methyl sites for hydroxylation is 2. The zero-order valence-corrected chi connectivity index (χ0v) is 45.3. The van der Waals surface area contributed by atoms with Crippen molar-refractivity contribution in [2.24, 2.45) is 11.7 Å². The number of ether oxygens (including phenoxy) is 5. The van der Waals surface area contributed by atoms with E-state index in [0.29, 0.717) is 48.7 Å². The lowest BCUT2D eigenvalue weighted by Gasteiger charge is -2.26. The van der Waals surface area contributed by atoms with Gasteiger partial charge in [-0.3, -0.25) is 14.4 Å². The first-order valence-electron chi connectivity index (χ1n) is 25.0. The molecule has 2 aliphatic heterocycles. The maximum absolute atomic E-state index is 13.8. The number of benzene rings is 2. The van der Waals surface area contributed by atoms with Crippen LogP contribution in [0.3, 0.4) is 0 Å². The van der Waals surface area contributed by atoms with Crippen LogP contribution >= 0.6 is 0 Å². The van der Waals surface area contributed by atoms with Gasteiger partial charge in [-0.2, -0.15) is 0 Å². The summed E-state index contributed by atoms with van der Waals surface area (Å²) in [6.07, 6.45) is 16.8. The Kier molecular flexibility index (Phi) is 25.0. The summed E-state index contributed by atoms with van der Waals surface area (Å²) in [7, 11) is -2.38. The van der Waals surface area contributed by atoms with E-state index in [0.717, 1.165) is 87.4 Å². The number of aliphatic carboxylic acids is 1. The maximum atomic E-state index is 13.8. The van der Waals surface area contributed by atoms with Gasteiger partial charge in [-0.15, -0.1) is 0 Å². The molecule has 14 nitrogen and oxygen atoms in total. The Balaban J connectivity index is 0.000000412. The van der Waals surface area contributed by atoms with Gasteiger partial charge in [0, 0.05) is 47.7 Å². The number of hydrogen-bond donors (Lipinski definition) is 2. The van der Waals surface area contributed by atoms with E-state index in [2.05, 4.69) is 46.2 Å². The van der Waals surface area contributed by atoms with Gasteiger partial charge in [0.1, 0.15) is 29.7 Å². The highest BCUT2D eigenvalue weighted by atomic mass is 28.3. The number of carbonyl (C=O) groups is 5. The maximum Gasteiger partial charge on any atom is 0.329 e. The summed E-state index contributed by atoms with van der Waals surface area (Å²) in [6, 6.07) is 11.3. The van der Waals surface area contributed by atoms with Crippen molar-refractivity contribution in [1.29, 1.82) is 0 Å². The summed E-state index contributed by atoms with van der Waals surface area (Å²) < 4.78 is 28.9. The van der Waals surface area contributed by atoms with Crippen LogP contribution in [-0.2, 0) is 28.6 Å². The summed E-state index contributed by atoms with van der Waals surface area (Å²) in [5.74, 6) is -1.57. The Labute approximate surface area is 414 Å². The zero-order valence-electron chi connectivity index (χ0n) is 43.3. The van der Waals surface area contributed by atoms with Gasteiger partial charge in [0.25, 0.3) is 11.8 Å². The van der Waals surface area contributed by atoms with Gasteiger partial charge in [0.05, 0.1) is 11.1 Å². The normalized spacial score (nSPS) is 16.4. The highest BCUT2D eigenvalue weighted by molar-refractivity contribution is 6.76. The molecule has 0 fully saturated rings. The minimum atomic E-state index is -1.21. The third kappa shape index (κ3) is 20.6. The quantitative estimate of drug-likeness (QED) is 0.0342. The molecule has 2 aromatic rings. The van der Waals surface area contributed by atoms with E-state index in [4.69, 9.17) is 29.4 Å². The molecule has 0 aliphatic carbocycles. The molecule has 0 unspecified atom stereocenters. The summed E-state index contributed by atoms with van der Waals surface area (Å²) in [6.45, 7) is 22.8. The first-order chi connectivity index (χ1) is 32.6. The molecule has 3 N–H and O–H groups in total. The van der Waals surface area contributed by atoms with Gasteiger partial charge in [-0.25, -0.2) is 9.59 Å². The monoisotopic (exact) mass is 994 g/mol. The van der Waals surface area contributed by atoms with Crippen molar-refractivity contribution in [2.75, 3.05) is 26.8 Å². The number of nitrogens with two attached hydrogens (primary N) is 1. The number of carboxylic acid groups (broad SMARTS) is 1. The van der Waals surface area contributed by atoms with Gasteiger partial charge in [-0.1, -0.05) is 122 Å². The number of primary amides is 1. The van der Waals surface area contributed by atoms with Crippen molar-refractivity contribution in [3.8, 4) is 11.5 Å². The van der Waals surface area contributed by atoms with Crippen molar-refractivity contribution < 1.29 is 52.8 Å². The topological polar surface area (TPSA) is 184 Å². The Morgan fingerprint density at radius 2 is 1.13 bits per heavy atom. The summed E-state index contributed by atoms with van der Waals surface area (Å²) in [5, 5.41) is 9.30. The van der Waals surface area contributed by atoms with Gasteiger partial charge in [0.15, 0.2) is 13.6 Å². The fraction of sp³-hybridized carbons (Fsp3) is 0.604. The summed E-state index contributed by atoms with van der Waals surface area (Å²) in [4.78, 5) is 65.6. The molecule has 16 heteroatoms. The third-order valence-corrected chi connectivity index (χ3v) is 15.7. The summed E-state index contributed by atoms with van der Waals surface area (Å²) >= 11 is 0. The van der Waals surface area contributed by atoms with Crippen LogP contribution < -0.4 is 15.2 Å². The summed E-state index contributed by atoms with van der Waals surface area (Å²) in [5.41, 5.74) is 7.70. The van der Waals surface area contributed by atoms with E-state index in [-0.39, 0.29) is 49.3 Å². The van der Waals surface area contributed by atoms with Crippen LogP contribution in [0.2, 0.25) is 51.4 Å². The van der Waals surface area contributed by atoms with Crippen molar-refractivity contribution >= 4 is 45.8 Å². The Bertz CT molecular complexity index is 2030. The second kappa shape index (κ2) is 29.4. The molecule has 4 rings (SSSR count). The SMILES string of the molecule is CCCCCC[C@H](CCCCC[C@@H](C)C(N)=O)OC(=O)[C@@H]1CC=CN1C(=O)c1c(C)cccc1OCOCC[Si](C)(C)C.Cc1cccc(OCOCC[Si](C)(C)C)c1C(=O)N1C=CC[C@H]1C(=O)O. The lowest BCUT2D eigenvalue weighted by Crippen LogP contribution is -2.41. The van der Waals surface area contributed by atoms with E-state index in [1.54, 1.807) is 30.5 Å². The molecule has 384 valence electrons. The zero-order chi connectivity index (χ0) is 51.1. The molecule has 0 saturated carbocycles. The lowest BCUT2D eigenvalue weighted by atomic mass is 9.99. The average molecular weight is 994 g/mol. The van der Waals surface area contributed by atoms with Crippen LogP contribution in [0.25, 0.3) is 0 Å². The van der Waals surface area contributed by atoms with E-state index >= 15 is 0 Å². The van der Waals surface area contributed by atoms with Crippen LogP contribution in [-0.4, -0.2) is 106 Å². The van der Waals surface area contributed by atoms with E-state index in [9.17, 15) is 29.1 Å². The van der Waals surface area contributed by atoms with Crippen molar-refractivity contribution in [3.05, 3.63) is 83.2 Å². The molecule has 2 heterocycles. The molecule has 3 amide bonds. The Hall–Kier alpha value is -4.78. The molecule has 0 spiro atoms. The van der Waals surface area contributed by atoms with Crippen LogP contribution in [0.1, 0.15) is 123 Å². The second-order valence-electron chi connectivity index (χ2n) is 20.7. The highest BCUT2D eigenvalue weighted by Crippen LogP contribution is 2.30. The Morgan fingerprint density at radius 3 is 1.58 bits per heavy atom. The fourth-order valence-corrected chi connectivity index (χ4v) is 9.26. The molecular weight excluding hydrogens is 911 g/mol. The predicted octanol–water partition coefficient (Wildman–Crippen LogP) is 10.9. The highest BCUT2D eigenvalue weighted by Gasteiger charge is 2.36. The predicted molar refractivity (Wildman–Crippen MR) is 277 cm³/mol. The number of amides is 3. The molecule has 4 atom stereocenters. The number of hydrogen-bond acceptors (Lipinski definition) is 10. The fourth-order valence-electron chi connectivity index (χ4n) is 7.75. The number of carboxylic acids is 1. The van der Waals surface area contributed by atoms with Crippen molar-refractivity contribution in [3.63, 3.8) is 0 Å². The molecule has 2 aliphatic rings. The largest absolute Gasteiger partial charge is 0.480 e. The van der Waals surface area contributed by atoms with Crippen LogP contribution in [0.15, 0.2) is 61.0 Å². The molecule has 0 aromatic heterocycles. The van der Waals surface area contributed by atoms with Gasteiger partial charge in [0.2, 0.25) is 5.91 Å². The van der Waals surface area contributed by atoms with Crippen molar-refractivity contribution in [1.82, 2.24) is 9.80 Å². The average Bonchev–Trinajstić information content (AvgIpc) is 3.98. The molecule has 0 radical (unpaired) electrons. The number of unbranched alkanes of at least 4 members (excludes halogenated alkanes) is 5. The van der Waals surface area contributed by atoms with Gasteiger partial charge < -0.3 is 44.3 Å². The second-order valence-corrected chi connectivity index (χ2v) is 32.0. The molecule has 69 heavy (non-hydrogen) atoms. The van der Waals surface area contributed by atoms with Crippen LogP contribution in [0.5, 0.6) is 11.5 Å². The number of rotatable bonds is 29. The first-order valence-corrected chi connectivity index (χ1v) is 32.4. The molecular formula is C53H83N3O11Si2. The lowest BCUT2D eigenvalue weighted by molar-refractivity contribution is -0.154. The molecule has 0 bridgehead atoms. The van der Waals surface area contributed by atoms with Crippen molar-refractivity contribution in [2.45, 2.75) is 174 Å². The smallest absolute Gasteiger partial charge is 0.329 e. The number of esters is 1. The molecule has 0 saturated heterocycles. The standard InChI is InChI=1S/C34H56N2O6Si.C19H27NO5Si/c1-7-8-9-12-18-28(19-13-10-11-16-27(3)32(35)37)42-34(39)29-20-15-22-36(29)33(38)31-26(2)17-14-21-30(31)41-25-40-23-24-43(4,5)6;1-14-7-5-9-16(25-13-24-11-12-26(2,3)4)17(14)18(21)20-10-6-8-15(20)19(22)23/h14-15,17,21-22,27-29H,7-13,16,18-20,23-25H2,1-6H3,(H2,35,37);5-7,9-10,15H,8,11-13H2,1-4H3,(H,22,23)/t27-,28-,29+;15-/m10/s1. The number of carbonyl (C=O) groups excluding carboxylic acids is 4. The Morgan fingerprint density at radius 1 is 0.681 bits per heavy atom. The van der Waals surface area contributed by atoms with E-state index < -0.39 is 34.2 Å².